The van der Waals surface area contributed by atoms with Crippen molar-refractivity contribution in [1.82, 2.24) is 30.7 Å². The summed E-state index contributed by atoms with van der Waals surface area (Å²) < 4.78 is 74.6. The monoisotopic (exact) mass is 2000 g/mol. The molecule has 1 aromatic heterocycles. The molecule has 1 saturated carbocycles. The van der Waals surface area contributed by atoms with Gasteiger partial charge in [-0.3, -0.25) is 48.2 Å². The summed E-state index contributed by atoms with van der Waals surface area (Å²) in [6.45, 7) is 19.7. The molecule has 6 aliphatic rings. The highest BCUT2D eigenvalue weighted by molar-refractivity contribution is 8.76. The molecule has 19 atom stereocenters. The van der Waals surface area contributed by atoms with Gasteiger partial charge in [-0.1, -0.05) is 93.5 Å². The summed E-state index contributed by atoms with van der Waals surface area (Å²) in [5.41, 5.74) is -2.33. The topological polar surface area (TPSA) is 527 Å². The molecule has 2 saturated heterocycles. The molecule has 3 aromatic rings. The van der Waals surface area contributed by atoms with Gasteiger partial charge in [0.1, 0.15) is 43.1 Å². The largest absolute Gasteiger partial charge is 0.496 e. The summed E-state index contributed by atoms with van der Waals surface area (Å²) in [7, 11) is 14.1. The van der Waals surface area contributed by atoms with Crippen molar-refractivity contribution in [2.45, 2.75) is 291 Å². The number of benzene rings is 2. The van der Waals surface area contributed by atoms with E-state index in [9.17, 15) is 54.0 Å². The van der Waals surface area contributed by atoms with Gasteiger partial charge in [-0.25, -0.2) is 4.79 Å². The number of piperidine rings is 1. The molecule has 2 bridgehead atoms. The molecule has 784 valence electrons. The number of nitrogens with zero attached hydrogens (tertiary/aromatic N) is 3. The number of carboxylic acid groups (broad SMARTS) is 1. The van der Waals surface area contributed by atoms with Crippen LogP contribution in [0, 0.1) is 11.3 Å². The van der Waals surface area contributed by atoms with Crippen LogP contribution in [0.2, 0.25) is 0 Å². The third-order valence-electron chi connectivity index (χ3n) is 26.6. The van der Waals surface area contributed by atoms with Crippen LogP contribution < -0.4 is 25.6 Å². The smallest absolute Gasteiger partial charge is 0.328 e. The van der Waals surface area contributed by atoms with E-state index in [1.165, 1.54) is 42.5 Å². The number of carbonyl (C=O) groups is 9. The fourth-order valence-corrected chi connectivity index (χ4v) is 21.6. The van der Waals surface area contributed by atoms with Crippen LogP contribution in [0.4, 0.5) is 5.69 Å². The van der Waals surface area contributed by atoms with E-state index in [4.69, 9.17) is 91.8 Å². The molecule has 3 fully saturated rings. The lowest BCUT2D eigenvalue weighted by Gasteiger charge is -2.63. The predicted molar refractivity (Wildman–Crippen MR) is 515 cm³/mol. The van der Waals surface area contributed by atoms with Gasteiger partial charge in [0.15, 0.2) is 30.8 Å². The Hall–Kier alpha value is -7.47. The van der Waals surface area contributed by atoms with Gasteiger partial charge in [-0.15, -0.1) is 0 Å². The second-order valence-corrected chi connectivity index (χ2v) is 39.3. The quantitative estimate of drug-likeness (QED) is 0.00778. The number of aromatic nitrogens is 1. The number of nitrogens with one attached hydrogen (secondary N) is 4. The fourth-order valence-electron chi connectivity index (χ4n) is 19.3. The molecule has 15 unspecified atom stereocenters. The lowest BCUT2D eigenvalue weighted by Crippen LogP contribution is -2.81. The number of H-pyrrole nitrogens is 1. The summed E-state index contributed by atoms with van der Waals surface area (Å²) in [4.78, 5) is 124. The van der Waals surface area contributed by atoms with E-state index in [0.29, 0.717) is 120 Å². The van der Waals surface area contributed by atoms with E-state index in [1.807, 2.05) is 101 Å². The number of methoxy groups -OCH3 is 6. The van der Waals surface area contributed by atoms with E-state index in [2.05, 4.69) is 63.0 Å². The SMILES string of the molecule is CCC(CO)OC(CO)OC.CCC(CO)OC(COC(=O)CCC(=O)NCCCC(C)(C)SSC)OC.CCC(CO)OC(COC(=O)CCC(=O)O)OC.CCC(CO)OC(COC(=O)CCCC(=O)NC(C)C(=O)OCCCNC(=O)[C@]1(O)C2N(C)c3cc(OC)c([C@@]4(C(=O)OC)CC5CN(CCc6c4[nH]c4ccccc64)CC(O)(CC)C5)cc3C23CCN2CC=C[C@](CC)(C23)[C@H]1O)OC. The molecule has 1 spiro atoms. The normalized spacial score (nSPS) is 24.2. The number of aliphatic carboxylic acids is 1. The fraction of sp³-hybridized carbons (Fsp3) is 0.742. The minimum Gasteiger partial charge on any atom is -0.496 e. The Morgan fingerprint density at radius 1 is 0.630 bits per heavy atom. The summed E-state index contributed by atoms with van der Waals surface area (Å²) >= 11 is 0. The molecule has 6 heterocycles. The number of amides is 3. The number of ether oxygens (including phenoxy) is 14. The molecule has 39 nitrogen and oxygen atoms in total. The van der Waals surface area contributed by atoms with Gasteiger partial charge >= 0.3 is 35.8 Å². The highest BCUT2D eigenvalue weighted by atomic mass is 33.1. The predicted octanol–water partition coefficient (Wildman–Crippen LogP) is 5.92. The van der Waals surface area contributed by atoms with Gasteiger partial charge in [0.05, 0.1) is 109 Å². The molecule has 0 radical (unpaired) electrons. The van der Waals surface area contributed by atoms with Crippen LogP contribution in [0.1, 0.15) is 207 Å². The Morgan fingerprint density at radius 2 is 1.19 bits per heavy atom. The molecule has 2 aromatic carbocycles. The molecule has 13 N–H and O–H groups in total. The Morgan fingerprint density at radius 3 is 1.71 bits per heavy atom. The lowest BCUT2D eigenvalue weighted by atomic mass is 9.47. The number of hydrogen-bond acceptors (Lipinski definition) is 36. The van der Waals surface area contributed by atoms with Crippen molar-refractivity contribution in [3.63, 3.8) is 0 Å². The van der Waals surface area contributed by atoms with Crippen LogP contribution in [0.25, 0.3) is 10.9 Å². The van der Waals surface area contributed by atoms with Gasteiger partial charge in [-0.2, -0.15) is 0 Å². The number of likely N-dealkylation sites (N-methyl/N-ethyl adjacent to an activating group) is 1. The number of para-hydroxylation sites is 1. The molecule has 138 heavy (non-hydrogen) atoms. The van der Waals surface area contributed by atoms with E-state index >= 15 is 9.59 Å². The molecule has 5 aliphatic heterocycles. The van der Waals surface area contributed by atoms with Gasteiger partial charge in [-0.05, 0) is 153 Å². The van der Waals surface area contributed by atoms with Gasteiger partial charge in [0.25, 0.3) is 5.91 Å². The minimum atomic E-state index is -2.42. The second kappa shape index (κ2) is 58.3. The van der Waals surface area contributed by atoms with Gasteiger partial charge < -0.3 is 138 Å². The average Bonchev–Trinajstić information content (AvgIpc) is 1.47. The number of aliphatic hydroxyl groups excluding tert-OH is 6. The van der Waals surface area contributed by atoms with Crippen molar-refractivity contribution < 1.29 is 155 Å². The van der Waals surface area contributed by atoms with Crippen LogP contribution in [-0.4, -0.2) is 365 Å². The first-order valence-electron chi connectivity index (χ1n) is 48.0. The molecule has 41 heteroatoms. The minimum absolute atomic E-state index is 0.00724. The first-order valence-corrected chi connectivity index (χ1v) is 50.5. The first-order chi connectivity index (χ1) is 65.9. The number of aromatic amines is 1. The summed E-state index contributed by atoms with van der Waals surface area (Å²) in [5.74, 6) is -5.08. The number of carboxylic acids is 1. The maximum absolute atomic E-state index is 15.5. The molecular weight excluding hydrogens is 1840 g/mol. The Kier molecular flexibility index (Phi) is 50.4. The Balaban J connectivity index is 0.000000421. The summed E-state index contributed by atoms with van der Waals surface area (Å²) in [6.07, 6.45) is 7.03. The molecule has 3 amide bonds. The number of aliphatic hydroxyl groups is 8. The van der Waals surface area contributed by atoms with Crippen molar-refractivity contribution in [2.24, 2.45) is 11.3 Å². The number of anilines is 1. The van der Waals surface area contributed by atoms with Crippen LogP contribution >= 0.6 is 21.6 Å². The summed E-state index contributed by atoms with van der Waals surface area (Å²) in [5, 5.41) is 101. The molecule has 9 rings (SSSR count). The summed E-state index contributed by atoms with van der Waals surface area (Å²) in [6, 6.07) is 9.63. The van der Waals surface area contributed by atoms with E-state index in [1.54, 1.807) is 17.9 Å². The number of rotatable bonds is 55. The second-order valence-electron chi connectivity index (χ2n) is 36.2. The third-order valence-corrected chi connectivity index (χ3v) is 29.3. The highest BCUT2D eigenvalue weighted by Crippen LogP contribution is 2.68. The van der Waals surface area contributed by atoms with Crippen LogP contribution in [0.15, 0.2) is 48.6 Å². The zero-order valence-electron chi connectivity index (χ0n) is 83.7. The molecular formula is C97H157N7O32S2. The van der Waals surface area contributed by atoms with Crippen molar-refractivity contribution in [2.75, 3.05) is 166 Å². The van der Waals surface area contributed by atoms with Gasteiger partial charge in [0.2, 0.25) is 11.8 Å². The van der Waals surface area contributed by atoms with Crippen molar-refractivity contribution in [1.29, 1.82) is 0 Å². The van der Waals surface area contributed by atoms with Gasteiger partial charge in [0, 0.05) is 150 Å². The van der Waals surface area contributed by atoms with E-state index < -0.39 is 125 Å². The lowest BCUT2D eigenvalue weighted by molar-refractivity contribution is -0.203. The molecule has 1 aliphatic carbocycles. The third kappa shape index (κ3) is 31.5. The zero-order chi connectivity index (χ0) is 102. The van der Waals surface area contributed by atoms with Crippen LogP contribution in [-0.2, 0) is 122 Å². The first kappa shape index (κ1) is 119. The number of carbonyl (C=O) groups excluding carboxylic acids is 8. The maximum atomic E-state index is 15.5. The standard InChI is InChI=1S/C61H86N6O15.C18H35NO6S2.C11H20O7.C7H16O4/c1-9-39(34-68)82-49(78-7)35-81-48(70)20-14-19-47(69)63-37(4)51(71)80-28-16-24-62-55(73)61(76)53-59(23-27-67-25-15-22-58(11-3,52(59)67)54(61)72)42-29-43(46(77-6)30-45(42)65(53)5)60(56(74)79-8)32-38-31-57(75,10-2)36-66(33-38)26-21-41-40-17-12-13-18-44(40)64-50(41)60;1-6-14(12-20)25-17(23-4)13-24-16(22)9-8-15(21)19-11-7-10-18(2,3)27-26-5;1-3-8(6-12)18-11(16-2)7-17-10(15)5-4-9(13)14;1-3-6(4-8)11-7(5-9)10-2/h12-13,15,17-18,22,29-30,37-39,49,52-54,64,68,72,75-76H,9-11,14,16,19-21,23-28,31-36H2,1-8H3,(H,62,73)(H,63,69);14,17,20H,6-13H2,1-5H3,(H,19,21);8,11-12H,3-7H2,1-2H3,(H,13,14);6-9H,3-5H2,1-2H3/t37?,38?,39?,49?,52?,53?,54-,57?,58-,59?,60+,61+;;;/m1.../s1. The van der Waals surface area contributed by atoms with E-state index in [0.717, 1.165) is 34.9 Å². The highest BCUT2D eigenvalue weighted by Gasteiger charge is 2.79. The van der Waals surface area contributed by atoms with E-state index in [-0.39, 0.29) is 165 Å². The average molecular weight is 2000 g/mol. The van der Waals surface area contributed by atoms with Crippen molar-refractivity contribution >= 4 is 91.7 Å². The van der Waals surface area contributed by atoms with Crippen LogP contribution in [0.5, 0.6) is 5.75 Å². The van der Waals surface area contributed by atoms with Crippen LogP contribution in [0.3, 0.4) is 0 Å². The van der Waals surface area contributed by atoms with Crippen molar-refractivity contribution in [3.05, 3.63) is 70.9 Å². The Labute approximate surface area is 819 Å². The Bertz CT molecular complexity index is 4290. The van der Waals surface area contributed by atoms with Crippen molar-refractivity contribution in [3.8, 4) is 5.75 Å². The number of hydrogen-bond donors (Lipinski definition) is 13. The maximum Gasteiger partial charge on any atom is 0.328 e. The number of esters is 5. The zero-order valence-corrected chi connectivity index (χ0v) is 85.3. The number of fused-ring (bicyclic) bond motifs is 6.